The number of ether oxygens (including phenoxy) is 1. The van der Waals surface area contributed by atoms with Gasteiger partial charge in [-0.25, -0.2) is 13.6 Å². The molecular formula is C17H15F4N2O7PS. The third kappa shape index (κ3) is 3.80. The van der Waals surface area contributed by atoms with Crippen LogP contribution in [0.3, 0.4) is 0 Å². The van der Waals surface area contributed by atoms with Crippen molar-refractivity contribution in [1.82, 2.24) is 9.55 Å². The quantitative estimate of drug-likeness (QED) is 0.475. The first kappa shape index (κ1) is 23.1. The van der Waals surface area contributed by atoms with Crippen molar-refractivity contribution in [1.29, 1.82) is 0 Å². The van der Waals surface area contributed by atoms with Gasteiger partial charge >= 0.3 is 18.3 Å². The van der Waals surface area contributed by atoms with E-state index in [2.05, 4.69) is 0 Å². The van der Waals surface area contributed by atoms with Crippen molar-refractivity contribution < 1.29 is 41.0 Å². The fourth-order valence-electron chi connectivity index (χ4n) is 3.26. The number of nitrogens with one attached hydrogen (secondary N) is 1. The number of aromatic nitrogens is 2. The Kier molecular flexibility index (Phi) is 5.80. The van der Waals surface area contributed by atoms with E-state index in [4.69, 9.17) is 30.1 Å². The van der Waals surface area contributed by atoms with Gasteiger partial charge in [0.1, 0.15) is 5.75 Å². The maximum Gasteiger partial charge on any atom is 0.381 e. The van der Waals surface area contributed by atoms with E-state index in [1.807, 2.05) is 0 Å². The standard InChI is InChI=1S/C17H15F4N2O7PS/c18-13(19)16(8-28-31(32)27-7-9-3-1-2-4-10(9)30-31)12(25)17(20,21)14(29-16)23-6-5-11(24)22-15(23)26/h1-6,12-14,25H,7-8H2,(H,22,24,26)/t12-,14-,16-,31?/m1/s1. The molecule has 0 saturated carbocycles. The van der Waals surface area contributed by atoms with Crippen LogP contribution in [0.25, 0.3) is 0 Å². The van der Waals surface area contributed by atoms with Crippen LogP contribution >= 0.6 is 6.72 Å². The molecular weight excluding hydrogens is 483 g/mol. The summed E-state index contributed by atoms with van der Waals surface area (Å²) in [5, 5.41) is 10.2. The minimum atomic E-state index is -4.37. The van der Waals surface area contributed by atoms with E-state index in [1.54, 1.807) is 29.2 Å². The molecule has 0 aliphatic carbocycles. The van der Waals surface area contributed by atoms with Gasteiger partial charge in [-0.2, -0.15) is 8.78 Å². The predicted molar refractivity (Wildman–Crippen MR) is 103 cm³/mol. The van der Waals surface area contributed by atoms with Gasteiger partial charge in [0.2, 0.25) is 6.23 Å². The van der Waals surface area contributed by atoms with Gasteiger partial charge in [0, 0.05) is 29.6 Å². The number of fused-ring (bicyclic) bond motifs is 1. The lowest BCUT2D eigenvalue weighted by Crippen LogP contribution is -2.54. The number of H-pyrrole nitrogens is 1. The second kappa shape index (κ2) is 8.04. The molecule has 0 bridgehead atoms. The van der Waals surface area contributed by atoms with Crippen molar-refractivity contribution in [2.75, 3.05) is 6.61 Å². The van der Waals surface area contributed by atoms with Gasteiger partial charge in [-0.1, -0.05) is 18.2 Å². The molecule has 0 amide bonds. The van der Waals surface area contributed by atoms with Crippen LogP contribution in [-0.4, -0.2) is 45.3 Å². The van der Waals surface area contributed by atoms with Gasteiger partial charge in [0.25, 0.3) is 12.0 Å². The summed E-state index contributed by atoms with van der Waals surface area (Å²) in [5.74, 6) is -4.08. The Morgan fingerprint density at radius 1 is 1.31 bits per heavy atom. The van der Waals surface area contributed by atoms with E-state index in [0.29, 0.717) is 11.8 Å². The fraction of sp³-hybridized carbons (Fsp3) is 0.412. The number of aliphatic hydroxyl groups excluding tert-OH is 1. The maximum absolute atomic E-state index is 14.8. The highest BCUT2D eigenvalue weighted by molar-refractivity contribution is 8.07. The molecule has 1 aromatic carbocycles. The van der Waals surface area contributed by atoms with Gasteiger partial charge < -0.3 is 14.4 Å². The SMILES string of the molecule is O=c1ccn([C@@H]2O[C@@](COP3(=S)OCc4ccccc4O3)(C(F)F)[C@@H](O)C2(F)F)c(=O)[nH]1. The molecule has 1 saturated heterocycles. The molecule has 2 aromatic rings. The van der Waals surface area contributed by atoms with Crippen molar-refractivity contribution in [3.63, 3.8) is 0 Å². The number of hydrogen-bond acceptors (Lipinski definition) is 8. The van der Waals surface area contributed by atoms with Crippen LogP contribution in [0.15, 0.2) is 46.1 Å². The highest BCUT2D eigenvalue weighted by atomic mass is 32.5. The fourth-order valence-corrected chi connectivity index (χ4v) is 5.08. The Balaban J connectivity index is 1.63. The zero-order valence-electron chi connectivity index (χ0n) is 15.8. The van der Waals surface area contributed by atoms with Crippen LogP contribution in [0.4, 0.5) is 17.6 Å². The molecule has 0 spiro atoms. The average molecular weight is 498 g/mol. The minimum absolute atomic E-state index is 0.0654. The topological polar surface area (TPSA) is 112 Å². The van der Waals surface area contributed by atoms with Crippen LogP contribution in [0.1, 0.15) is 11.8 Å². The van der Waals surface area contributed by atoms with Crippen LogP contribution in [0.2, 0.25) is 0 Å². The molecule has 9 nitrogen and oxygen atoms in total. The summed E-state index contributed by atoms with van der Waals surface area (Å²) in [4.78, 5) is 24.8. The molecule has 1 fully saturated rings. The molecule has 1 aromatic heterocycles. The van der Waals surface area contributed by atoms with E-state index >= 15 is 0 Å². The summed E-state index contributed by atoms with van der Waals surface area (Å²) in [7, 11) is 0. The summed E-state index contributed by atoms with van der Waals surface area (Å²) in [6, 6.07) is 7.26. The van der Waals surface area contributed by atoms with E-state index < -0.39 is 54.9 Å². The van der Waals surface area contributed by atoms with Crippen molar-refractivity contribution >= 4 is 18.5 Å². The molecule has 2 aliphatic heterocycles. The van der Waals surface area contributed by atoms with E-state index in [1.165, 1.54) is 0 Å². The number of halogens is 4. The Hall–Kier alpha value is -2.09. The molecule has 2 N–H and O–H groups in total. The number of benzene rings is 1. The Bertz CT molecular complexity index is 1190. The molecule has 2 aliphatic rings. The van der Waals surface area contributed by atoms with E-state index in [0.717, 1.165) is 6.07 Å². The highest BCUT2D eigenvalue weighted by Gasteiger charge is 2.71. The maximum atomic E-state index is 14.8. The number of para-hydroxylation sites is 1. The number of nitrogens with zero attached hydrogens (tertiary/aromatic N) is 1. The first-order chi connectivity index (χ1) is 15.0. The van der Waals surface area contributed by atoms with Crippen molar-refractivity contribution in [2.45, 2.75) is 36.9 Å². The second-order valence-corrected chi connectivity index (χ2v) is 9.95. The van der Waals surface area contributed by atoms with Crippen LogP contribution < -0.4 is 15.8 Å². The Labute approximate surface area is 181 Å². The van der Waals surface area contributed by atoms with Crippen molar-refractivity contribution in [3.05, 3.63) is 62.9 Å². The molecule has 4 atom stereocenters. The first-order valence-corrected chi connectivity index (χ1v) is 11.5. The summed E-state index contributed by atoms with van der Waals surface area (Å²) in [5.41, 5.74) is -4.91. The molecule has 174 valence electrons. The lowest BCUT2D eigenvalue weighted by atomic mass is 9.96. The molecule has 3 heterocycles. The molecule has 15 heteroatoms. The first-order valence-electron chi connectivity index (χ1n) is 8.98. The lowest BCUT2D eigenvalue weighted by molar-refractivity contribution is -0.193. The van der Waals surface area contributed by atoms with E-state index in [-0.39, 0.29) is 16.9 Å². The summed E-state index contributed by atoms with van der Waals surface area (Å²) in [6.45, 7) is -5.10. The second-order valence-electron chi connectivity index (χ2n) is 7.01. The van der Waals surface area contributed by atoms with E-state index in [9.17, 15) is 32.3 Å². The normalized spacial score (nSPS) is 31.3. The molecule has 32 heavy (non-hydrogen) atoms. The number of aromatic amines is 1. The van der Waals surface area contributed by atoms with Gasteiger partial charge in [-0.3, -0.25) is 23.4 Å². The van der Waals surface area contributed by atoms with Crippen molar-refractivity contribution in [2.24, 2.45) is 0 Å². The van der Waals surface area contributed by atoms with Crippen LogP contribution in [0, 0.1) is 0 Å². The summed E-state index contributed by atoms with van der Waals surface area (Å²) >= 11 is 5.13. The average Bonchev–Trinajstić information content (AvgIpc) is 2.94. The largest absolute Gasteiger partial charge is 0.424 e. The van der Waals surface area contributed by atoms with Crippen LogP contribution in [0.5, 0.6) is 5.75 Å². The predicted octanol–water partition coefficient (Wildman–Crippen LogP) is 1.92. The van der Waals surface area contributed by atoms with Gasteiger partial charge in [0.15, 0.2) is 11.7 Å². The molecule has 4 rings (SSSR count). The van der Waals surface area contributed by atoms with Gasteiger partial charge in [-0.05, 0) is 6.07 Å². The Morgan fingerprint density at radius 3 is 2.72 bits per heavy atom. The third-order valence-corrected chi connectivity index (χ3v) is 7.14. The third-order valence-electron chi connectivity index (χ3n) is 4.97. The Morgan fingerprint density at radius 2 is 2.03 bits per heavy atom. The minimum Gasteiger partial charge on any atom is -0.424 e. The van der Waals surface area contributed by atoms with Crippen molar-refractivity contribution in [3.8, 4) is 5.75 Å². The summed E-state index contributed by atoms with van der Waals surface area (Å²) < 4.78 is 78.7. The van der Waals surface area contributed by atoms with Crippen LogP contribution in [-0.2, 0) is 32.2 Å². The zero-order chi connectivity index (χ0) is 23.3. The highest BCUT2D eigenvalue weighted by Crippen LogP contribution is 2.57. The number of rotatable bonds is 5. The lowest BCUT2D eigenvalue weighted by Gasteiger charge is -2.34. The smallest absolute Gasteiger partial charge is 0.381 e. The number of alkyl halides is 4. The summed E-state index contributed by atoms with van der Waals surface area (Å²) in [6.07, 6.45) is -8.81. The molecule has 1 unspecified atom stereocenters. The zero-order valence-corrected chi connectivity index (χ0v) is 17.5. The number of aliphatic hydroxyl groups is 1. The monoisotopic (exact) mass is 498 g/mol. The van der Waals surface area contributed by atoms with Gasteiger partial charge in [0.05, 0.1) is 13.2 Å². The van der Waals surface area contributed by atoms with Gasteiger partial charge in [-0.15, -0.1) is 0 Å². The molecule has 0 radical (unpaired) electrons. The number of hydrogen-bond donors (Lipinski definition) is 2.